The Hall–Kier alpha value is -1.22. The monoisotopic (exact) mass is 787 g/mol. The van der Waals surface area contributed by atoms with Crippen LogP contribution in [0.2, 0.25) is 0 Å². The maximum atomic E-state index is 8.14. The molecule has 0 N–H and O–H groups in total. The lowest BCUT2D eigenvalue weighted by Crippen LogP contribution is -2.15. The van der Waals surface area contributed by atoms with E-state index in [9.17, 15) is 0 Å². The summed E-state index contributed by atoms with van der Waals surface area (Å²) in [5.74, 6) is 0. The van der Waals surface area contributed by atoms with Crippen molar-refractivity contribution in [3.05, 3.63) is 43.8 Å². The summed E-state index contributed by atoms with van der Waals surface area (Å²) in [6.45, 7) is 12.4. The van der Waals surface area contributed by atoms with Gasteiger partial charge < -0.3 is 56.8 Å². The molecule has 15 nitrogen and oxygen atoms in total. The summed E-state index contributed by atoms with van der Waals surface area (Å²) in [7, 11) is 0. The van der Waals surface area contributed by atoms with Crippen LogP contribution in [0.15, 0.2) is 29.4 Å². The van der Waals surface area contributed by atoms with Gasteiger partial charge in [-0.15, -0.1) is 0 Å². The van der Waals surface area contributed by atoms with Crippen LogP contribution in [0.3, 0.4) is 0 Å². The second-order valence-corrected chi connectivity index (χ2v) is 10.6. The van der Waals surface area contributed by atoms with Crippen molar-refractivity contribution in [2.24, 2.45) is 5.11 Å². The SMILES string of the molecule is [N-]=[N+]=NCCOCCOCCOCCOCCOCCOCCOCCOCCOCCOCCOCCOCc1ccc(I)cc1. The highest BCUT2D eigenvalue weighted by Gasteiger charge is 1.97. The average Bonchev–Trinajstić information content (AvgIpc) is 3.08. The van der Waals surface area contributed by atoms with E-state index in [1.165, 1.54) is 3.57 Å². The van der Waals surface area contributed by atoms with Gasteiger partial charge in [-0.2, -0.15) is 0 Å². The van der Waals surface area contributed by atoms with Crippen LogP contribution in [-0.2, 0) is 63.4 Å². The zero-order chi connectivity index (χ0) is 33.6. The number of rotatable bonds is 38. The number of hydrogen-bond acceptors (Lipinski definition) is 13. The molecule has 0 amide bonds. The summed E-state index contributed by atoms with van der Waals surface area (Å²) in [4.78, 5) is 2.64. The van der Waals surface area contributed by atoms with E-state index in [2.05, 4.69) is 56.9 Å². The Bertz CT molecular complexity index is 825. The Morgan fingerprint density at radius 2 is 0.660 bits per heavy atom. The van der Waals surface area contributed by atoms with Crippen molar-refractivity contribution in [1.29, 1.82) is 0 Å². The lowest BCUT2D eigenvalue weighted by Gasteiger charge is -2.09. The lowest BCUT2D eigenvalue weighted by atomic mass is 10.2. The van der Waals surface area contributed by atoms with E-state index < -0.39 is 0 Å². The van der Waals surface area contributed by atoms with Gasteiger partial charge in [0.05, 0.1) is 159 Å². The zero-order valence-electron chi connectivity index (χ0n) is 27.6. The smallest absolute Gasteiger partial charge is 0.0718 e. The highest BCUT2D eigenvalue weighted by atomic mass is 127. The maximum Gasteiger partial charge on any atom is 0.0718 e. The predicted octanol–water partition coefficient (Wildman–Crippen LogP) is 3.30. The van der Waals surface area contributed by atoms with E-state index >= 15 is 0 Å². The van der Waals surface area contributed by atoms with Crippen molar-refractivity contribution in [2.45, 2.75) is 6.61 Å². The average molecular weight is 788 g/mol. The molecule has 47 heavy (non-hydrogen) atoms. The van der Waals surface area contributed by atoms with Crippen molar-refractivity contribution in [3.63, 3.8) is 0 Å². The van der Waals surface area contributed by atoms with E-state index in [1.54, 1.807) is 0 Å². The number of hydrogen-bond donors (Lipinski definition) is 0. The molecule has 1 aromatic carbocycles. The summed E-state index contributed by atoms with van der Waals surface area (Å²) in [5, 5.41) is 3.37. The van der Waals surface area contributed by atoms with E-state index in [1.807, 2.05) is 0 Å². The van der Waals surface area contributed by atoms with Crippen LogP contribution in [0, 0.1) is 3.57 Å². The van der Waals surface area contributed by atoms with Gasteiger partial charge in [0.2, 0.25) is 0 Å². The van der Waals surface area contributed by atoms with Crippen LogP contribution >= 0.6 is 22.6 Å². The molecule has 0 heterocycles. The third kappa shape index (κ3) is 34.4. The van der Waals surface area contributed by atoms with Gasteiger partial charge in [0.15, 0.2) is 0 Å². The molecule has 0 unspecified atom stereocenters. The lowest BCUT2D eigenvalue weighted by molar-refractivity contribution is -0.0284. The molecule has 0 bridgehead atoms. The van der Waals surface area contributed by atoms with Gasteiger partial charge in [-0.3, -0.25) is 0 Å². The molecular weight excluding hydrogens is 733 g/mol. The summed E-state index contributed by atoms with van der Waals surface area (Å²) < 4.78 is 66.6. The number of halogens is 1. The molecule has 0 spiro atoms. The van der Waals surface area contributed by atoms with Crippen LogP contribution in [0.25, 0.3) is 10.4 Å². The third-order valence-corrected chi connectivity index (χ3v) is 6.39. The molecule has 0 aliphatic rings. The molecule has 16 heteroatoms. The Labute approximate surface area is 292 Å². The van der Waals surface area contributed by atoms with Crippen molar-refractivity contribution in [2.75, 3.05) is 159 Å². The topological polar surface area (TPSA) is 160 Å². The van der Waals surface area contributed by atoms with Crippen LogP contribution in [-0.4, -0.2) is 159 Å². The minimum Gasteiger partial charge on any atom is -0.379 e. The van der Waals surface area contributed by atoms with Crippen molar-refractivity contribution in [1.82, 2.24) is 0 Å². The fraction of sp³-hybridized carbons (Fsp3) is 0.806. The quantitative estimate of drug-likeness (QED) is 0.0317. The third-order valence-electron chi connectivity index (χ3n) is 5.67. The molecule has 272 valence electrons. The first-order valence-electron chi connectivity index (χ1n) is 16.0. The van der Waals surface area contributed by atoms with Crippen molar-refractivity contribution >= 4 is 22.6 Å². The maximum absolute atomic E-state index is 8.14. The van der Waals surface area contributed by atoms with Gasteiger partial charge >= 0.3 is 0 Å². The van der Waals surface area contributed by atoms with Crippen molar-refractivity contribution < 1.29 is 56.8 Å². The van der Waals surface area contributed by atoms with Crippen LogP contribution in [0.5, 0.6) is 0 Å². The second-order valence-electron chi connectivity index (χ2n) is 9.37. The van der Waals surface area contributed by atoms with Gasteiger partial charge in [-0.25, -0.2) is 0 Å². The number of benzene rings is 1. The molecule has 0 saturated heterocycles. The Kier molecular flexibility index (Phi) is 35.0. The summed E-state index contributed by atoms with van der Waals surface area (Å²) in [6.07, 6.45) is 0. The van der Waals surface area contributed by atoms with E-state index in [0.29, 0.717) is 165 Å². The van der Waals surface area contributed by atoms with Crippen LogP contribution < -0.4 is 0 Å². The Morgan fingerprint density at radius 3 is 0.936 bits per heavy atom. The number of nitrogens with zero attached hydrogens (tertiary/aromatic N) is 3. The molecule has 0 saturated carbocycles. The summed E-state index contributed by atoms with van der Waals surface area (Å²) in [6, 6.07) is 8.27. The van der Waals surface area contributed by atoms with Gasteiger partial charge in [0.25, 0.3) is 0 Å². The molecule has 0 atom stereocenters. The van der Waals surface area contributed by atoms with E-state index in [0.717, 1.165) is 5.56 Å². The minimum atomic E-state index is 0.327. The summed E-state index contributed by atoms with van der Waals surface area (Å²) >= 11 is 2.29. The Balaban J connectivity index is 1.62. The fourth-order valence-corrected chi connectivity index (χ4v) is 3.70. The first-order valence-corrected chi connectivity index (χ1v) is 17.1. The van der Waals surface area contributed by atoms with Gasteiger partial charge in [0, 0.05) is 15.0 Å². The molecule has 0 radical (unpaired) electrons. The molecule has 1 aromatic rings. The minimum absolute atomic E-state index is 0.327. The highest BCUT2D eigenvalue weighted by molar-refractivity contribution is 14.1. The standard InChI is InChI=1S/C31H54IN3O12/c32-31-3-1-30(2-4-31)29-47-28-27-46-26-25-45-24-23-44-22-21-43-20-19-42-18-17-41-16-15-40-14-13-39-12-11-38-10-9-37-8-7-36-6-5-34-35-33/h1-4H,5-29H2. The number of ether oxygens (including phenoxy) is 12. The van der Waals surface area contributed by atoms with Crippen LogP contribution in [0.1, 0.15) is 5.56 Å². The van der Waals surface area contributed by atoms with Gasteiger partial charge in [0.1, 0.15) is 0 Å². The van der Waals surface area contributed by atoms with Gasteiger partial charge in [-0.05, 0) is 45.8 Å². The van der Waals surface area contributed by atoms with E-state index in [-0.39, 0.29) is 0 Å². The molecular formula is C31H54IN3O12. The molecule has 0 aliphatic carbocycles. The zero-order valence-corrected chi connectivity index (χ0v) is 29.8. The van der Waals surface area contributed by atoms with Crippen molar-refractivity contribution in [3.8, 4) is 0 Å². The normalized spacial score (nSPS) is 11.3. The van der Waals surface area contributed by atoms with Crippen LogP contribution in [0.4, 0.5) is 0 Å². The fourth-order valence-electron chi connectivity index (χ4n) is 3.34. The van der Waals surface area contributed by atoms with Gasteiger partial charge in [-0.1, -0.05) is 17.2 Å². The highest BCUT2D eigenvalue weighted by Crippen LogP contribution is 2.07. The summed E-state index contributed by atoms with van der Waals surface area (Å²) in [5.41, 5.74) is 9.30. The molecule has 0 fully saturated rings. The number of azide groups is 1. The first kappa shape index (κ1) is 43.8. The molecule has 1 rings (SSSR count). The van der Waals surface area contributed by atoms with E-state index in [4.69, 9.17) is 62.4 Å². The largest absolute Gasteiger partial charge is 0.379 e. The Morgan fingerprint density at radius 1 is 0.404 bits per heavy atom. The predicted molar refractivity (Wildman–Crippen MR) is 182 cm³/mol. The second kappa shape index (κ2) is 37.6. The molecule has 0 aliphatic heterocycles. The first-order chi connectivity index (χ1) is 23.3. The molecule has 0 aromatic heterocycles.